The Morgan fingerprint density at radius 3 is 2.78 bits per heavy atom. The average molecular weight is 290 g/mol. The van der Waals surface area contributed by atoms with Gasteiger partial charge < -0.3 is 15.2 Å². The van der Waals surface area contributed by atoms with Crippen LogP contribution in [-0.4, -0.2) is 25.9 Å². The Balaban J connectivity index is 1.90. The highest BCUT2D eigenvalue weighted by atomic mass is 35.5. The molecule has 0 aromatic carbocycles. The number of halogens is 1. The van der Waals surface area contributed by atoms with Crippen LogP contribution >= 0.6 is 22.9 Å². The first-order chi connectivity index (χ1) is 8.66. The third kappa shape index (κ3) is 3.93. The van der Waals surface area contributed by atoms with Crippen LogP contribution in [0.4, 0.5) is 0 Å². The van der Waals surface area contributed by atoms with Gasteiger partial charge in [0.2, 0.25) is 0 Å². The van der Waals surface area contributed by atoms with Gasteiger partial charge in [-0.3, -0.25) is 0 Å². The van der Waals surface area contributed by atoms with Gasteiger partial charge in [-0.2, -0.15) is 0 Å². The summed E-state index contributed by atoms with van der Waals surface area (Å²) in [5.74, 6) is 0.593. The summed E-state index contributed by atoms with van der Waals surface area (Å²) < 4.78 is 12.1. The van der Waals surface area contributed by atoms with E-state index in [-0.39, 0.29) is 12.1 Å². The highest BCUT2D eigenvalue weighted by Crippen LogP contribution is 2.31. The summed E-state index contributed by atoms with van der Waals surface area (Å²) >= 11 is 7.51. The fourth-order valence-electron chi connectivity index (χ4n) is 2.13. The van der Waals surface area contributed by atoms with Gasteiger partial charge >= 0.3 is 0 Å². The first-order valence-electron chi connectivity index (χ1n) is 6.37. The highest BCUT2D eigenvalue weighted by molar-refractivity contribution is 7.16. The van der Waals surface area contributed by atoms with Crippen LogP contribution in [0.3, 0.4) is 0 Å². The summed E-state index contributed by atoms with van der Waals surface area (Å²) in [5, 5.41) is 0. The highest BCUT2D eigenvalue weighted by Gasteiger charge is 2.22. The van der Waals surface area contributed by atoms with Gasteiger partial charge in [0.05, 0.1) is 10.9 Å². The number of hydrogen-bond donors (Lipinski definition) is 1. The second-order valence-corrected chi connectivity index (χ2v) is 6.56. The molecular weight excluding hydrogens is 270 g/mol. The summed E-state index contributed by atoms with van der Waals surface area (Å²) in [7, 11) is 0. The molecule has 1 aliphatic heterocycles. The zero-order chi connectivity index (χ0) is 13.0. The predicted molar refractivity (Wildman–Crippen MR) is 75.2 cm³/mol. The molecule has 2 unspecified atom stereocenters. The largest absolute Gasteiger partial charge is 0.381 e. The first kappa shape index (κ1) is 14.3. The molecule has 0 spiro atoms. The molecule has 18 heavy (non-hydrogen) atoms. The van der Waals surface area contributed by atoms with Crippen molar-refractivity contribution in [3.05, 3.63) is 21.3 Å². The summed E-state index contributed by atoms with van der Waals surface area (Å²) in [6.07, 6.45) is 2.11. The first-order valence-corrected chi connectivity index (χ1v) is 7.56. The topological polar surface area (TPSA) is 44.5 Å². The Morgan fingerprint density at radius 2 is 2.22 bits per heavy atom. The van der Waals surface area contributed by atoms with E-state index in [0.717, 1.165) is 41.9 Å². The standard InChI is InChI=1S/C13H20ClNO2S/c1-9(15)13(11-2-3-12(14)18-11)17-8-10-4-6-16-7-5-10/h2-3,9-10,13H,4-8,15H2,1H3. The van der Waals surface area contributed by atoms with Crippen LogP contribution < -0.4 is 5.73 Å². The maximum absolute atomic E-state index is 6.01. The second-order valence-electron chi connectivity index (χ2n) is 4.81. The molecule has 2 rings (SSSR count). The molecular formula is C13H20ClNO2S. The molecule has 0 bridgehead atoms. The zero-order valence-corrected chi connectivity index (χ0v) is 12.2. The number of thiophene rings is 1. The van der Waals surface area contributed by atoms with Crippen LogP contribution in [0.25, 0.3) is 0 Å². The summed E-state index contributed by atoms with van der Waals surface area (Å²) in [5.41, 5.74) is 6.01. The van der Waals surface area contributed by atoms with Crippen LogP contribution in [0.2, 0.25) is 4.34 Å². The molecule has 1 aromatic heterocycles. The lowest BCUT2D eigenvalue weighted by Crippen LogP contribution is -2.29. The van der Waals surface area contributed by atoms with Gasteiger partial charge in [0.25, 0.3) is 0 Å². The van der Waals surface area contributed by atoms with Gasteiger partial charge in [-0.1, -0.05) is 11.6 Å². The molecule has 0 aliphatic carbocycles. The van der Waals surface area contributed by atoms with E-state index >= 15 is 0 Å². The molecule has 2 atom stereocenters. The Bertz CT molecular complexity index is 364. The number of ether oxygens (including phenoxy) is 2. The fourth-order valence-corrected chi connectivity index (χ4v) is 3.35. The molecule has 2 heterocycles. The van der Waals surface area contributed by atoms with Crippen LogP contribution in [0, 0.1) is 5.92 Å². The number of hydrogen-bond acceptors (Lipinski definition) is 4. The van der Waals surface area contributed by atoms with Gasteiger partial charge in [-0.25, -0.2) is 0 Å². The smallest absolute Gasteiger partial charge is 0.106 e. The molecule has 5 heteroatoms. The number of rotatable bonds is 5. The van der Waals surface area contributed by atoms with Crippen LogP contribution in [0.5, 0.6) is 0 Å². The Hall–Kier alpha value is -0.130. The van der Waals surface area contributed by atoms with Crippen molar-refractivity contribution in [1.29, 1.82) is 0 Å². The summed E-state index contributed by atoms with van der Waals surface area (Å²) in [6, 6.07) is 3.87. The van der Waals surface area contributed by atoms with Gasteiger partial charge in [0.15, 0.2) is 0 Å². The van der Waals surface area contributed by atoms with E-state index in [9.17, 15) is 0 Å². The summed E-state index contributed by atoms with van der Waals surface area (Å²) in [6.45, 7) is 4.43. The van der Waals surface area contributed by atoms with Crippen molar-refractivity contribution < 1.29 is 9.47 Å². The molecule has 0 amide bonds. The van der Waals surface area contributed by atoms with E-state index in [4.69, 9.17) is 26.8 Å². The third-order valence-corrected chi connectivity index (χ3v) is 4.50. The molecule has 0 saturated carbocycles. The third-order valence-electron chi connectivity index (χ3n) is 3.20. The van der Waals surface area contributed by atoms with Crippen LogP contribution in [0.15, 0.2) is 12.1 Å². The molecule has 102 valence electrons. The minimum absolute atomic E-state index is 0.0282. The number of nitrogens with two attached hydrogens (primary N) is 1. The van der Waals surface area contributed by atoms with E-state index in [1.54, 1.807) is 11.3 Å². The van der Waals surface area contributed by atoms with Crippen molar-refractivity contribution in [3.63, 3.8) is 0 Å². The molecule has 2 N–H and O–H groups in total. The molecule has 1 aliphatic rings. The van der Waals surface area contributed by atoms with E-state index in [0.29, 0.717) is 5.92 Å². The van der Waals surface area contributed by atoms with Crippen LogP contribution in [0.1, 0.15) is 30.7 Å². The Labute approximate surface area is 117 Å². The SMILES string of the molecule is CC(N)C(OCC1CCOCC1)c1ccc(Cl)s1. The van der Waals surface area contributed by atoms with Crippen molar-refractivity contribution in [2.75, 3.05) is 19.8 Å². The average Bonchev–Trinajstić information content (AvgIpc) is 2.77. The van der Waals surface area contributed by atoms with E-state index in [1.807, 2.05) is 19.1 Å². The van der Waals surface area contributed by atoms with Gasteiger partial charge in [-0.05, 0) is 37.8 Å². The maximum Gasteiger partial charge on any atom is 0.106 e. The van der Waals surface area contributed by atoms with Crippen molar-refractivity contribution in [3.8, 4) is 0 Å². The van der Waals surface area contributed by atoms with Gasteiger partial charge in [0, 0.05) is 24.1 Å². The van der Waals surface area contributed by atoms with Gasteiger partial charge in [0.1, 0.15) is 6.10 Å². The van der Waals surface area contributed by atoms with E-state index in [1.165, 1.54) is 0 Å². The van der Waals surface area contributed by atoms with Crippen molar-refractivity contribution in [1.82, 2.24) is 0 Å². The lowest BCUT2D eigenvalue weighted by atomic mass is 10.0. The molecule has 1 fully saturated rings. The van der Waals surface area contributed by atoms with E-state index < -0.39 is 0 Å². The molecule has 0 radical (unpaired) electrons. The predicted octanol–water partition coefficient (Wildman–Crippen LogP) is 3.23. The quantitative estimate of drug-likeness (QED) is 0.905. The second kappa shape index (κ2) is 6.87. The minimum Gasteiger partial charge on any atom is -0.381 e. The molecule has 1 saturated heterocycles. The lowest BCUT2D eigenvalue weighted by Gasteiger charge is -2.26. The molecule has 3 nitrogen and oxygen atoms in total. The van der Waals surface area contributed by atoms with Crippen molar-refractivity contribution >= 4 is 22.9 Å². The maximum atomic E-state index is 6.01. The summed E-state index contributed by atoms with van der Waals surface area (Å²) in [4.78, 5) is 1.11. The van der Waals surface area contributed by atoms with Crippen LogP contribution in [-0.2, 0) is 9.47 Å². The van der Waals surface area contributed by atoms with Crippen molar-refractivity contribution in [2.24, 2.45) is 11.7 Å². The monoisotopic (exact) mass is 289 g/mol. The Kier molecular flexibility index (Phi) is 5.45. The zero-order valence-electron chi connectivity index (χ0n) is 10.6. The van der Waals surface area contributed by atoms with Crippen molar-refractivity contribution in [2.45, 2.75) is 31.9 Å². The molecule has 1 aromatic rings. The van der Waals surface area contributed by atoms with E-state index in [2.05, 4.69) is 0 Å². The fraction of sp³-hybridized carbons (Fsp3) is 0.692. The van der Waals surface area contributed by atoms with Gasteiger partial charge in [-0.15, -0.1) is 11.3 Å². The minimum atomic E-state index is -0.0506. The Morgan fingerprint density at radius 1 is 1.50 bits per heavy atom. The lowest BCUT2D eigenvalue weighted by molar-refractivity contribution is -0.0174. The normalized spacial score (nSPS) is 20.8.